The average Bonchev–Trinajstić information content (AvgIpc) is 2.61. The minimum absolute atomic E-state index is 0.0790. The SMILES string of the molecule is C[C@H]1[C@H](n2ccc3nc4ccn(N)c(=O)c4cc3c2=O)CCC[C@@H]1C. The van der Waals surface area contributed by atoms with Crippen molar-refractivity contribution < 1.29 is 0 Å². The van der Waals surface area contributed by atoms with Gasteiger partial charge in [0.25, 0.3) is 11.1 Å². The molecule has 0 aromatic carbocycles. The van der Waals surface area contributed by atoms with Crippen LogP contribution in [0.3, 0.4) is 0 Å². The van der Waals surface area contributed by atoms with Crippen LogP contribution >= 0.6 is 0 Å². The summed E-state index contributed by atoms with van der Waals surface area (Å²) in [6.07, 6.45) is 6.69. The van der Waals surface area contributed by atoms with Crippen molar-refractivity contribution in [3.63, 3.8) is 0 Å². The molecule has 3 atom stereocenters. The van der Waals surface area contributed by atoms with Gasteiger partial charge in [0.15, 0.2) is 0 Å². The molecular weight excluding hydrogens is 316 g/mol. The molecule has 0 aliphatic heterocycles. The molecule has 6 heteroatoms. The van der Waals surface area contributed by atoms with Crippen molar-refractivity contribution in [3.05, 3.63) is 51.3 Å². The van der Waals surface area contributed by atoms with Gasteiger partial charge in [0.05, 0.1) is 21.8 Å². The standard InChI is InChI=1S/C19H22N4O2/c1-11-4-3-5-17(12(11)2)22-8-6-15-13(18(22)24)10-14-16(21-15)7-9-23(20)19(14)25/h6-12,17H,3-5,20H2,1-2H3/t11-,12+,17+/m0/s1. The highest BCUT2D eigenvalue weighted by atomic mass is 16.1. The lowest BCUT2D eigenvalue weighted by Gasteiger charge is -2.35. The lowest BCUT2D eigenvalue weighted by atomic mass is 9.78. The van der Waals surface area contributed by atoms with Crippen LogP contribution in [0.4, 0.5) is 0 Å². The third-order valence-corrected chi connectivity index (χ3v) is 5.82. The van der Waals surface area contributed by atoms with Crippen molar-refractivity contribution in [2.45, 2.75) is 39.2 Å². The summed E-state index contributed by atoms with van der Waals surface area (Å²) in [5.41, 5.74) is 0.737. The van der Waals surface area contributed by atoms with Gasteiger partial charge in [0, 0.05) is 18.4 Å². The topological polar surface area (TPSA) is 82.9 Å². The summed E-state index contributed by atoms with van der Waals surface area (Å²) in [7, 11) is 0. The van der Waals surface area contributed by atoms with Crippen LogP contribution in [-0.2, 0) is 0 Å². The minimum Gasteiger partial charge on any atom is -0.336 e. The van der Waals surface area contributed by atoms with Gasteiger partial charge in [-0.25, -0.2) is 9.66 Å². The van der Waals surface area contributed by atoms with Crippen LogP contribution < -0.4 is 17.0 Å². The Kier molecular flexibility index (Phi) is 3.63. The molecule has 0 amide bonds. The number of nitrogens with two attached hydrogens (primary N) is 1. The van der Waals surface area contributed by atoms with Gasteiger partial charge in [0.2, 0.25) is 0 Å². The zero-order valence-electron chi connectivity index (χ0n) is 14.5. The van der Waals surface area contributed by atoms with Crippen LogP contribution in [0.15, 0.2) is 40.2 Å². The summed E-state index contributed by atoms with van der Waals surface area (Å²) in [5.74, 6) is 6.68. The fourth-order valence-corrected chi connectivity index (χ4v) is 4.06. The first-order chi connectivity index (χ1) is 12.0. The molecule has 6 nitrogen and oxygen atoms in total. The van der Waals surface area contributed by atoms with Crippen molar-refractivity contribution in [1.82, 2.24) is 14.2 Å². The Morgan fingerprint density at radius 3 is 2.48 bits per heavy atom. The Morgan fingerprint density at radius 1 is 1.04 bits per heavy atom. The molecule has 25 heavy (non-hydrogen) atoms. The number of aromatic nitrogens is 3. The number of rotatable bonds is 1. The third kappa shape index (κ3) is 2.44. The highest BCUT2D eigenvalue weighted by molar-refractivity contribution is 5.91. The second-order valence-corrected chi connectivity index (χ2v) is 7.24. The zero-order valence-corrected chi connectivity index (χ0v) is 14.5. The molecular formula is C19H22N4O2. The van der Waals surface area contributed by atoms with Crippen molar-refractivity contribution >= 4 is 21.8 Å². The van der Waals surface area contributed by atoms with Gasteiger partial charge in [-0.15, -0.1) is 0 Å². The molecule has 2 N–H and O–H groups in total. The van der Waals surface area contributed by atoms with Crippen molar-refractivity contribution in [2.24, 2.45) is 11.8 Å². The van der Waals surface area contributed by atoms with Gasteiger partial charge < -0.3 is 10.4 Å². The second kappa shape index (κ2) is 5.72. The van der Waals surface area contributed by atoms with E-state index in [2.05, 4.69) is 18.8 Å². The van der Waals surface area contributed by atoms with Gasteiger partial charge in [-0.3, -0.25) is 9.59 Å². The van der Waals surface area contributed by atoms with Crippen molar-refractivity contribution in [3.8, 4) is 0 Å². The largest absolute Gasteiger partial charge is 0.336 e. The number of nitrogens with zero attached hydrogens (tertiary/aromatic N) is 3. The number of fused-ring (bicyclic) bond motifs is 2. The summed E-state index contributed by atoms with van der Waals surface area (Å²) >= 11 is 0. The molecule has 0 bridgehead atoms. The number of hydrogen-bond donors (Lipinski definition) is 1. The third-order valence-electron chi connectivity index (χ3n) is 5.82. The first kappa shape index (κ1) is 15.9. The predicted octanol–water partition coefficient (Wildman–Crippen LogP) is 2.42. The molecule has 1 fully saturated rings. The molecule has 4 rings (SSSR count). The molecule has 0 unspecified atom stereocenters. The van der Waals surface area contributed by atoms with Crippen molar-refractivity contribution in [2.75, 3.05) is 5.84 Å². The van der Waals surface area contributed by atoms with Crippen LogP contribution in [0.1, 0.15) is 39.2 Å². The maximum atomic E-state index is 13.1. The fraction of sp³-hybridized carbons (Fsp3) is 0.421. The van der Waals surface area contributed by atoms with Crippen LogP contribution in [0.25, 0.3) is 21.8 Å². The molecule has 0 radical (unpaired) electrons. The zero-order chi connectivity index (χ0) is 17.7. The van der Waals surface area contributed by atoms with E-state index in [4.69, 9.17) is 5.84 Å². The van der Waals surface area contributed by atoms with E-state index in [0.29, 0.717) is 33.6 Å². The van der Waals surface area contributed by atoms with E-state index in [1.54, 1.807) is 12.1 Å². The number of pyridine rings is 3. The van der Waals surface area contributed by atoms with Gasteiger partial charge in [-0.05, 0) is 36.5 Å². The molecule has 0 spiro atoms. The molecule has 1 saturated carbocycles. The van der Waals surface area contributed by atoms with E-state index >= 15 is 0 Å². The highest BCUT2D eigenvalue weighted by Gasteiger charge is 2.29. The van der Waals surface area contributed by atoms with Crippen LogP contribution in [0.5, 0.6) is 0 Å². The molecule has 130 valence electrons. The summed E-state index contributed by atoms with van der Waals surface area (Å²) < 4.78 is 2.85. The van der Waals surface area contributed by atoms with E-state index in [-0.39, 0.29) is 17.2 Å². The van der Waals surface area contributed by atoms with Gasteiger partial charge >= 0.3 is 0 Å². The predicted molar refractivity (Wildman–Crippen MR) is 99.1 cm³/mol. The molecule has 0 saturated heterocycles. The Labute approximate surface area is 144 Å². The van der Waals surface area contributed by atoms with E-state index in [0.717, 1.165) is 17.5 Å². The second-order valence-electron chi connectivity index (χ2n) is 7.24. The number of nitrogen functional groups attached to an aromatic ring is 1. The monoisotopic (exact) mass is 338 g/mol. The first-order valence-electron chi connectivity index (χ1n) is 8.79. The molecule has 3 heterocycles. The minimum atomic E-state index is -0.346. The fourth-order valence-electron chi connectivity index (χ4n) is 4.06. The van der Waals surface area contributed by atoms with Crippen molar-refractivity contribution in [1.29, 1.82) is 0 Å². The van der Waals surface area contributed by atoms with Crippen LogP contribution in [0, 0.1) is 11.8 Å². The number of hydrogen-bond acceptors (Lipinski definition) is 4. The maximum Gasteiger partial charge on any atom is 0.278 e. The normalized spacial score (nSPS) is 24.0. The summed E-state index contributed by atoms with van der Waals surface area (Å²) in [6.45, 7) is 4.47. The first-order valence-corrected chi connectivity index (χ1v) is 8.79. The highest BCUT2D eigenvalue weighted by Crippen LogP contribution is 2.37. The van der Waals surface area contributed by atoms with E-state index < -0.39 is 0 Å². The molecule has 1 aliphatic rings. The van der Waals surface area contributed by atoms with E-state index in [9.17, 15) is 9.59 Å². The Balaban J connectivity index is 1.95. The van der Waals surface area contributed by atoms with Crippen LogP contribution in [0.2, 0.25) is 0 Å². The summed E-state index contributed by atoms with van der Waals surface area (Å²) in [4.78, 5) is 29.8. The van der Waals surface area contributed by atoms with E-state index in [1.165, 1.54) is 12.6 Å². The smallest absolute Gasteiger partial charge is 0.278 e. The Hall–Kier alpha value is -2.63. The molecule has 3 aromatic rings. The van der Waals surface area contributed by atoms with Gasteiger partial charge in [-0.2, -0.15) is 0 Å². The van der Waals surface area contributed by atoms with Crippen LogP contribution in [-0.4, -0.2) is 14.2 Å². The lowest BCUT2D eigenvalue weighted by Crippen LogP contribution is -2.33. The quantitative estimate of drug-likeness (QED) is 0.546. The Morgan fingerprint density at radius 2 is 1.72 bits per heavy atom. The lowest BCUT2D eigenvalue weighted by molar-refractivity contribution is 0.183. The van der Waals surface area contributed by atoms with Gasteiger partial charge in [0.1, 0.15) is 0 Å². The average molecular weight is 338 g/mol. The maximum absolute atomic E-state index is 13.1. The summed E-state index contributed by atoms with van der Waals surface area (Å²) in [5, 5.41) is 0.848. The van der Waals surface area contributed by atoms with Gasteiger partial charge in [-0.1, -0.05) is 26.7 Å². The van der Waals surface area contributed by atoms with E-state index in [1.807, 2.05) is 16.8 Å². The molecule has 1 aliphatic carbocycles. The molecule has 3 aromatic heterocycles. The Bertz CT molecular complexity index is 1080. The summed E-state index contributed by atoms with van der Waals surface area (Å²) in [6, 6.07) is 5.39.